The van der Waals surface area contributed by atoms with Gasteiger partial charge in [-0.05, 0) is 67.3 Å². The van der Waals surface area contributed by atoms with Crippen molar-refractivity contribution in [3.8, 4) is 0 Å². The van der Waals surface area contributed by atoms with E-state index in [1.807, 2.05) is 51.1 Å². The first-order valence-corrected chi connectivity index (χ1v) is 16.1. The van der Waals surface area contributed by atoms with Gasteiger partial charge in [0.05, 0.1) is 10.6 Å². The molecule has 9 heteroatoms. The van der Waals surface area contributed by atoms with Gasteiger partial charge in [0.1, 0.15) is 18.4 Å². The second kappa shape index (κ2) is 14.8. The van der Waals surface area contributed by atoms with E-state index in [0.717, 1.165) is 21.0 Å². The number of halogens is 1. The van der Waals surface area contributed by atoms with Crippen LogP contribution in [0.15, 0.2) is 108 Å². The first-order chi connectivity index (χ1) is 21.1. The molecule has 0 aliphatic carbocycles. The lowest BCUT2D eigenvalue weighted by Crippen LogP contribution is -2.53. The number of hydrogen-bond acceptors (Lipinski definition) is 4. The zero-order valence-corrected chi connectivity index (χ0v) is 26.1. The third-order valence-corrected chi connectivity index (χ3v) is 9.30. The molecule has 0 aliphatic rings. The Bertz CT molecular complexity index is 1680. The largest absolute Gasteiger partial charge is 0.354 e. The number of amides is 2. The minimum absolute atomic E-state index is 0.0215. The summed E-state index contributed by atoms with van der Waals surface area (Å²) < 4.78 is 44.2. The quantitative estimate of drug-likeness (QED) is 0.206. The van der Waals surface area contributed by atoms with Gasteiger partial charge in [-0.2, -0.15) is 0 Å². The molecule has 0 fully saturated rings. The number of rotatable bonds is 13. The van der Waals surface area contributed by atoms with E-state index in [1.165, 1.54) is 23.1 Å². The monoisotopic (exact) mass is 615 g/mol. The van der Waals surface area contributed by atoms with Crippen LogP contribution in [0.4, 0.5) is 10.1 Å². The summed E-state index contributed by atoms with van der Waals surface area (Å²) in [5.74, 6) is -1.57. The number of aryl methyl sites for hydroxylation is 2. The maximum atomic E-state index is 15.0. The molecule has 0 aliphatic heterocycles. The van der Waals surface area contributed by atoms with Gasteiger partial charge in [0.2, 0.25) is 11.8 Å². The van der Waals surface area contributed by atoms with Crippen molar-refractivity contribution < 1.29 is 22.4 Å². The Labute approximate surface area is 259 Å². The summed E-state index contributed by atoms with van der Waals surface area (Å²) in [6, 6.07) is 27.3. The topological polar surface area (TPSA) is 86.8 Å². The van der Waals surface area contributed by atoms with E-state index in [2.05, 4.69) is 5.32 Å². The highest BCUT2D eigenvalue weighted by molar-refractivity contribution is 7.92. The number of benzene rings is 4. The Kier molecular flexibility index (Phi) is 10.9. The summed E-state index contributed by atoms with van der Waals surface area (Å²) in [6.07, 6.45) is 0.840. The second-order valence-electron chi connectivity index (χ2n) is 10.7. The summed E-state index contributed by atoms with van der Waals surface area (Å²) in [7, 11) is -4.20. The molecule has 0 aromatic heterocycles. The molecule has 44 heavy (non-hydrogen) atoms. The molecule has 2 amide bonds. The summed E-state index contributed by atoms with van der Waals surface area (Å²) in [4.78, 5) is 29.4. The molecule has 4 aromatic carbocycles. The van der Waals surface area contributed by atoms with Crippen molar-refractivity contribution in [3.05, 3.63) is 131 Å². The van der Waals surface area contributed by atoms with Crippen LogP contribution in [0.5, 0.6) is 0 Å². The van der Waals surface area contributed by atoms with Gasteiger partial charge in [-0.3, -0.25) is 13.9 Å². The summed E-state index contributed by atoms with van der Waals surface area (Å²) in [5.41, 5.74) is 3.15. The lowest BCUT2D eigenvalue weighted by molar-refractivity contribution is -0.140. The van der Waals surface area contributed by atoms with E-state index in [1.54, 1.807) is 54.6 Å². The fourth-order valence-electron chi connectivity index (χ4n) is 4.86. The minimum atomic E-state index is -4.20. The highest BCUT2D eigenvalue weighted by atomic mass is 32.2. The maximum Gasteiger partial charge on any atom is 0.264 e. The van der Waals surface area contributed by atoms with E-state index >= 15 is 0 Å². The van der Waals surface area contributed by atoms with Crippen LogP contribution in [0.25, 0.3) is 0 Å². The Balaban J connectivity index is 1.81. The van der Waals surface area contributed by atoms with Crippen molar-refractivity contribution >= 4 is 27.5 Å². The van der Waals surface area contributed by atoms with Gasteiger partial charge in [0, 0.05) is 25.1 Å². The number of anilines is 1. The van der Waals surface area contributed by atoms with Crippen LogP contribution >= 0.6 is 0 Å². The zero-order chi connectivity index (χ0) is 31.7. The van der Waals surface area contributed by atoms with Gasteiger partial charge in [-0.1, -0.05) is 79.7 Å². The minimum Gasteiger partial charge on any atom is -0.354 e. The van der Waals surface area contributed by atoms with Crippen LogP contribution in [0.2, 0.25) is 0 Å². The number of carbonyl (C=O) groups is 2. The first-order valence-electron chi connectivity index (χ1n) is 14.6. The summed E-state index contributed by atoms with van der Waals surface area (Å²) >= 11 is 0. The van der Waals surface area contributed by atoms with Crippen molar-refractivity contribution in [2.45, 2.75) is 51.1 Å². The standard InChI is InChI=1S/C35H38FN3O4S/c1-4-21-37-35(41)33(23-28-13-7-5-8-14-28)38(24-29-15-11-12-18-32(29)36)34(40)25-39(30-20-19-26(2)27(3)22-30)44(42,43)31-16-9-6-10-17-31/h5-20,22,33H,4,21,23-25H2,1-3H3,(H,37,41). The van der Waals surface area contributed by atoms with E-state index < -0.39 is 40.2 Å². The number of carbonyl (C=O) groups excluding carboxylic acids is 2. The Morgan fingerprint density at radius 2 is 1.48 bits per heavy atom. The van der Waals surface area contributed by atoms with E-state index in [4.69, 9.17) is 0 Å². The number of nitrogens with zero attached hydrogens (tertiary/aromatic N) is 2. The molecule has 1 atom stereocenters. The third kappa shape index (κ3) is 7.90. The van der Waals surface area contributed by atoms with Crippen molar-refractivity contribution in [2.75, 3.05) is 17.4 Å². The lowest BCUT2D eigenvalue weighted by atomic mass is 10.0. The number of sulfonamides is 1. The molecule has 0 saturated heterocycles. The molecule has 0 spiro atoms. The van der Waals surface area contributed by atoms with Gasteiger partial charge < -0.3 is 10.2 Å². The predicted molar refractivity (Wildman–Crippen MR) is 171 cm³/mol. The molecule has 0 heterocycles. The van der Waals surface area contributed by atoms with Gasteiger partial charge >= 0.3 is 0 Å². The van der Waals surface area contributed by atoms with Crippen molar-refractivity contribution in [3.63, 3.8) is 0 Å². The Morgan fingerprint density at radius 1 is 0.841 bits per heavy atom. The van der Waals surface area contributed by atoms with Crippen LogP contribution in [-0.2, 0) is 32.6 Å². The smallest absolute Gasteiger partial charge is 0.264 e. The fourth-order valence-corrected chi connectivity index (χ4v) is 6.29. The van der Waals surface area contributed by atoms with Gasteiger partial charge in [0.25, 0.3) is 10.0 Å². The van der Waals surface area contributed by atoms with Crippen LogP contribution in [-0.4, -0.2) is 44.3 Å². The average Bonchev–Trinajstić information content (AvgIpc) is 3.03. The molecule has 230 valence electrons. The molecule has 7 nitrogen and oxygen atoms in total. The van der Waals surface area contributed by atoms with Crippen molar-refractivity contribution in [1.29, 1.82) is 0 Å². The van der Waals surface area contributed by atoms with Crippen molar-refractivity contribution in [2.24, 2.45) is 0 Å². The molecule has 0 bridgehead atoms. The lowest BCUT2D eigenvalue weighted by Gasteiger charge is -2.34. The first kappa shape index (κ1) is 32.4. The van der Waals surface area contributed by atoms with Crippen molar-refractivity contribution in [1.82, 2.24) is 10.2 Å². The molecule has 0 radical (unpaired) electrons. The third-order valence-electron chi connectivity index (χ3n) is 7.51. The number of hydrogen-bond donors (Lipinski definition) is 1. The average molecular weight is 616 g/mol. The summed E-state index contributed by atoms with van der Waals surface area (Å²) in [5, 5.41) is 2.88. The zero-order valence-electron chi connectivity index (χ0n) is 25.2. The predicted octanol–water partition coefficient (Wildman–Crippen LogP) is 5.80. The Morgan fingerprint density at radius 3 is 2.11 bits per heavy atom. The van der Waals surface area contributed by atoms with E-state index in [0.29, 0.717) is 18.7 Å². The summed E-state index contributed by atoms with van der Waals surface area (Å²) in [6.45, 7) is 5.27. The van der Waals surface area contributed by atoms with Crippen LogP contribution < -0.4 is 9.62 Å². The van der Waals surface area contributed by atoms with Gasteiger partial charge in [0.15, 0.2) is 0 Å². The second-order valence-corrected chi connectivity index (χ2v) is 12.6. The molecule has 1 N–H and O–H groups in total. The Hall–Kier alpha value is -4.50. The van der Waals surface area contributed by atoms with Crippen LogP contribution in [0, 0.1) is 19.7 Å². The molecular weight excluding hydrogens is 577 g/mol. The SMILES string of the molecule is CCCNC(=O)C(Cc1ccccc1)N(Cc1ccccc1F)C(=O)CN(c1ccc(C)c(C)c1)S(=O)(=O)c1ccccc1. The highest BCUT2D eigenvalue weighted by Gasteiger charge is 2.35. The molecule has 0 saturated carbocycles. The van der Waals surface area contributed by atoms with Crippen LogP contribution in [0.3, 0.4) is 0 Å². The van der Waals surface area contributed by atoms with Gasteiger partial charge in [-0.15, -0.1) is 0 Å². The fraction of sp³-hybridized carbons (Fsp3) is 0.257. The van der Waals surface area contributed by atoms with E-state index in [-0.39, 0.29) is 23.4 Å². The van der Waals surface area contributed by atoms with Gasteiger partial charge in [-0.25, -0.2) is 12.8 Å². The normalized spacial score (nSPS) is 11.9. The number of nitrogens with one attached hydrogen (secondary N) is 1. The van der Waals surface area contributed by atoms with E-state index in [9.17, 15) is 22.4 Å². The van der Waals surface area contributed by atoms with Crippen LogP contribution in [0.1, 0.15) is 35.6 Å². The maximum absolute atomic E-state index is 15.0. The molecule has 4 rings (SSSR count). The highest BCUT2D eigenvalue weighted by Crippen LogP contribution is 2.27. The molecular formula is C35H38FN3O4S. The molecule has 4 aromatic rings. The molecule has 1 unspecified atom stereocenters.